The van der Waals surface area contributed by atoms with Crippen LogP contribution in [0.2, 0.25) is 5.02 Å². The first-order valence-electron chi connectivity index (χ1n) is 5.98. The summed E-state index contributed by atoms with van der Waals surface area (Å²) in [6, 6.07) is 3.58. The van der Waals surface area contributed by atoms with Crippen LogP contribution in [-0.4, -0.2) is 30.1 Å². The lowest BCUT2D eigenvalue weighted by Gasteiger charge is -2.14. The number of carboxylic acids is 1. The maximum Gasteiger partial charge on any atom is 0.326 e. The van der Waals surface area contributed by atoms with Gasteiger partial charge in [0.05, 0.1) is 12.7 Å². The van der Waals surface area contributed by atoms with Gasteiger partial charge in [0, 0.05) is 5.02 Å². The smallest absolute Gasteiger partial charge is 0.326 e. The van der Waals surface area contributed by atoms with Crippen molar-refractivity contribution in [2.24, 2.45) is 0 Å². The van der Waals surface area contributed by atoms with Crippen LogP contribution in [0.5, 0.6) is 5.75 Å². The summed E-state index contributed by atoms with van der Waals surface area (Å²) in [7, 11) is 1.43. The van der Waals surface area contributed by atoms with E-state index < -0.39 is 17.9 Å². The molecule has 0 radical (unpaired) electrons. The zero-order chi connectivity index (χ0) is 15.1. The van der Waals surface area contributed by atoms with Crippen molar-refractivity contribution in [3.05, 3.63) is 40.9 Å². The Bertz CT molecular complexity index is 528. The van der Waals surface area contributed by atoms with Crippen molar-refractivity contribution in [1.82, 2.24) is 5.32 Å². The quantitative estimate of drug-likeness (QED) is 0.791. The topological polar surface area (TPSA) is 75.6 Å². The van der Waals surface area contributed by atoms with E-state index in [1.807, 2.05) is 0 Å². The van der Waals surface area contributed by atoms with Crippen molar-refractivity contribution in [3.8, 4) is 5.75 Å². The molecule has 1 aromatic rings. The lowest BCUT2D eigenvalue weighted by molar-refractivity contribution is -0.139. The maximum absolute atomic E-state index is 12.1. The lowest BCUT2D eigenvalue weighted by Crippen LogP contribution is -2.40. The molecule has 0 aliphatic rings. The SMILES string of the molecule is C/C=C/CC(NC(=O)c1cc(Cl)ccc1OC)C(=O)O. The molecule has 20 heavy (non-hydrogen) atoms. The minimum atomic E-state index is -1.10. The van der Waals surface area contributed by atoms with E-state index in [1.165, 1.54) is 13.2 Å². The molecule has 0 aromatic heterocycles. The van der Waals surface area contributed by atoms with Crippen LogP contribution in [0.15, 0.2) is 30.4 Å². The third kappa shape index (κ3) is 4.28. The van der Waals surface area contributed by atoms with Crippen LogP contribution in [-0.2, 0) is 4.79 Å². The second-order valence-corrected chi connectivity index (χ2v) is 4.45. The monoisotopic (exact) mass is 297 g/mol. The van der Waals surface area contributed by atoms with Crippen LogP contribution in [0.3, 0.4) is 0 Å². The highest BCUT2D eigenvalue weighted by molar-refractivity contribution is 6.31. The number of benzene rings is 1. The molecule has 0 saturated carbocycles. The Balaban J connectivity index is 2.93. The van der Waals surface area contributed by atoms with Crippen LogP contribution in [0.4, 0.5) is 0 Å². The van der Waals surface area contributed by atoms with Gasteiger partial charge in [0.1, 0.15) is 11.8 Å². The molecular weight excluding hydrogens is 282 g/mol. The van der Waals surface area contributed by atoms with E-state index in [9.17, 15) is 9.59 Å². The zero-order valence-electron chi connectivity index (χ0n) is 11.2. The van der Waals surface area contributed by atoms with Gasteiger partial charge in [-0.1, -0.05) is 23.8 Å². The molecule has 1 atom stereocenters. The van der Waals surface area contributed by atoms with Crippen LogP contribution in [0.25, 0.3) is 0 Å². The van der Waals surface area contributed by atoms with Gasteiger partial charge in [-0.3, -0.25) is 4.79 Å². The van der Waals surface area contributed by atoms with Gasteiger partial charge in [0.15, 0.2) is 0 Å². The van der Waals surface area contributed by atoms with Crippen LogP contribution in [0.1, 0.15) is 23.7 Å². The second kappa shape index (κ2) is 7.55. The van der Waals surface area contributed by atoms with Crippen molar-refractivity contribution in [3.63, 3.8) is 0 Å². The number of allylic oxidation sites excluding steroid dienone is 1. The highest BCUT2D eigenvalue weighted by Gasteiger charge is 2.21. The fourth-order valence-electron chi connectivity index (χ4n) is 1.59. The highest BCUT2D eigenvalue weighted by Crippen LogP contribution is 2.22. The Morgan fingerprint density at radius 1 is 1.50 bits per heavy atom. The fraction of sp³-hybridized carbons (Fsp3) is 0.286. The van der Waals surface area contributed by atoms with Gasteiger partial charge < -0.3 is 15.2 Å². The molecule has 0 heterocycles. The number of carboxylic acid groups (broad SMARTS) is 1. The Morgan fingerprint density at radius 3 is 2.75 bits per heavy atom. The van der Waals surface area contributed by atoms with Gasteiger partial charge in [-0.2, -0.15) is 0 Å². The minimum Gasteiger partial charge on any atom is -0.496 e. The predicted molar refractivity (Wildman–Crippen MR) is 76.3 cm³/mol. The molecule has 0 aliphatic carbocycles. The summed E-state index contributed by atoms with van der Waals surface area (Å²) in [5, 5.41) is 11.9. The number of carbonyl (C=O) groups is 2. The fourth-order valence-corrected chi connectivity index (χ4v) is 1.76. The Labute approximate surface area is 122 Å². The van der Waals surface area contributed by atoms with Gasteiger partial charge in [-0.05, 0) is 31.5 Å². The largest absolute Gasteiger partial charge is 0.496 e. The van der Waals surface area contributed by atoms with Gasteiger partial charge in [-0.25, -0.2) is 4.79 Å². The minimum absolute atomic E-state index is 0.201. The van der Waals surface area contributed by atoms with Crippen LogP contribution < -0.4 is 10.1 Å². The zero-order valence-corrected chi connectivity index (χ0v) is 12.0. The van der Waals surface area contributed by atoms with Crippen molar-refractivity contribution in [2.45, 2.75) is 19.4 Å². The van der Waals surface area contributed by atoms with Gasteiger partial charge in [0.2, 0.25) is 0 Å². The third-order valence-electron chi connectivity index (χ3n) is 2.62. The summed E-state index contributed by atoms with van der Waals surface area (Å²) >= 11 is 5.84. The average molecular weight is 298 g/mol. The normalized spacial score (nSPS) is 12.2. The molecule has 5 nitrogen and oxygen atoms in total. The van der Waals surface area contributed by atoms with Crippen molar-refractivity contribution >= 4 is 23.5 Å². The summed E-state index contributed by atoms with van der Waals surface area (Å²) in [6.07, 6.45) is 3.61. The first-order valence-corrected chi connectivity index (χ1v) is 6.35. The predicted octanol–water partition coefficient (Wildman–Crippen LogP) is 2.50. The molecule has 1 unspecified atom stereocenters. The summed E-state index contributed by atoms with van der Waals surface area (Å²) in [5.74, 6) is -1.30. The first kappa shape index (κ1) is 16.0. The van der Waals surface area contributed by atoms with E-state index in [1.54, 1.807) is 31.2 Å². The molecule has 1 aromatic carbocycles. The maximum atomic E-state index is 12.1. The van der Waals surface area contributed by atoms with E-state index >= 15 is 0 Å². The van der Waals surface area contributed by atoms with Gasteiger partial charge >= 0.3 is 5.97 Å². The second-order valence-electron chi connectivity index (χ2n) is 4.01. The molecule has 0 bridgehead atoms. The first-order chi connectivity index (χ1) is 9.49. The average Bonchev–Trinajstić information content (AvgIpc) is 2.42. The molecule has 108 valence electrons. The number of hydrogen-bond donors (Lipinski definition) is 2. The number of hydrogen-bond acceptors (Lipinski definition) is 3. The van der Waals surface area contributed by atoms with Crippen molar-refractivity contribution in [2.75, 3.05) is 7.11 Å². The summed E-state index contributed by atoms with van der Waals surface area (Å²) in [4.78, 5) is 23.2. The van der Waals surface area contributed by atoms with E-state index in [4.69, 9.17) is 21.4 Å². The van der Waals surface area contributed by atoms with E-state index in [-0.39, 0.29) is 12.0 Å². The van der Waals surface area contributed by atoms with Crippen LogP contribution in [0, 0.1) is 0 Å². The number of methoxy groups -OCH3 is 1. The molecule has 0 saturated heterocycles. The highest BCUT2D eigenvalue weighted by atomic mass is 35.5. The number of amides is 1. The number of halogens is 1. The van der Waals surface area contributed by atoms with Crippen LogP contribution >= 0.6 is 11.6 Å². The summed E-state index contributed by atoms with van der Waals surface area (Å²) in [5.41, 5.74) is 0.201. The molecule has 1 amide bonds. The van der Waals surface area contributed by atoms with Gasteiger partial charge in [0.25, 0.3) is 5.91 Å². The number of aliphatic carboxylic acids is 1. The molecule has 6 heteroatoms. The number of nitrogens with one attached hydrogen (secondary N) is 1. The van der Waals surface area contributed by atoms with Crippen molar-refractivity contribution < 1.29 is 19.4 Å². The molecule has 0 aliphatic heterocycles. The van der Waals surface area contributed by atoms with Crippen molar-refractivity contribution in [1.29, 1.82) is 0 Å². The lowest BCUT2D eigenvalue weighted by atomic mass is 10.1. The third-order valence-corrected chi connectivity index (χ3v) is 2.85. The van der Waals surface area contributed by atoms with E-state index in [0.29, 0.717) is 10.8 Å². The number of rotatable bonds is 6. The molecule has 2 N–H and O–H groups in total. The summed E-state index contributed by atoms with van der Waals surface area (Å²) in [6.45, 7) is 1.78. The Hall–Kier alpha value is -2.01. The summed E-state index contributed by atoms with van der Waals surface area (Å²) < 4.78 is 5.06. The number of ether oxygens (including phenoxy) is 1. The van der Waals surface area contributed by atoms with E-state index in [0.717, 1.165) is 0 Å². The molecule has 0 spiro atoms. The number of carbonyl (C=O) groups excluding carboxylic acids is 1. The Morgan fingerprint density at radius 2 is 2.20 bits per heavy atom. The Kier molecular flexibility index (Phi) is 6.06. The molecule has 1 rings (SSSR count). The van der Waals surface area contributed by atoms with E-state index in [2.05, 4.69) is 5.32 Å². The standard InChI is InChI=1S/C14H16ClNO4/c1-3-4-5-11(14(18)19)16-13(17)10-8-9(15)6-7-12(10)20-2/h3-4,6-8,11H,5H2,1-2H3,(H,16,17)(H,18,19)/b4-3+. The molecular formula is C14H16ClNO4. The molecule has 0 fully saturated rings. The van der Waals surface area contributed by atoms with Gasteiger partial charge in [-0.15, -0.1) is 0 Å².